The number of rotatable bonds is 5. The summed E-state index contributed by atoms with van der Waals surface area (Å²) >= 11 is 5.15. The maximum Gasteiger partial charge on any atom is 0.0547 e. The molecule has 0 saturated carbocycles. The highest BCUT2D eigenvalue weighted by Gasteiger charge is 2.13. The molecule has 84 valence electrons. The van der Waals surface area contributed by atoms with E-state index in [-0.39, 0.29) is 17.1 Å². The Labute approximate surface area is 103 Å². The molecule has 0 fully saturated rings. The van der Waals surface area contributed by atoms with Gasteiger partial charge in [-0.15, -0.1) is 11.8 Å². The Morgan fingerprint density at radius 2 is 2.27 bits per heavy atom. The molecule has 0 saturated heterocycles. The molecule has 0 spiro atoms. The summed E-state index contributed by atoms with van der Waals surface area (Å²) in [7, 11) is 0. The zero-order valence-corrected chi connectivity index (χ0v) is 11.1. The molecule has 0 aliphatic heterocycles. The highest BCUT2D eigenvalue weighted by molar-refractivity contribution is 9.10. The first kappa shape index (κ1) is 13.0. The highest BCUT2D eigenvalue weighted by atomic mass is 79.9. The summed E-state index contributed by atoms with van der Waals surface area (Å²) < 4.78 is 1.07. The van der Waals surface area contributed by atoms with Gasteiger partial charge < -0.3 is 10.8 Å². The summed E-state index contributed by atoms with van der Waals surface area (Å²) in [6.45, 7) is 2.78. The van der Waals surface area contributed by atoms with Crippen molar-refractivity contribution in [3.63, 3.8) is 0 Å². The Hall–Kier alpha value is -0.0300. The van der Waals surface area contributed by atoms with Crippen LogP contribution in [0.5, 0.6) is 0 Å². The molecule has 2 nitrogen and oxygen atoms in total. The SMILES string of the molecule is CC(CO)SC(CN)c1cccc(Br)c1. The molecule has 0 aliphatic carbocycles. The normalized spacial score (nSPS) is 14.9. The smallest absolute Gasteiger partial charge is 0.0547 e. The Morgan fingerprint density at radius 1 is 1.53 bits per heavy atom. The molecule has 2 atom stereocenters. The van der Waals surface area contributed by atoms with E-state index in [0.717, 1.165) is 4.47 Å². The number of hydrogen-bond donors (Lipinski definition) is 2. The third kappa shape index (κ3) is 4.15. The van der Waals surface area contributed by atoms with Crippen LogP contribution in [-0.4, -0.2) is 23.5 Å². The van der Waals surface area contributed by atoms with E-state index in [1.807, 2.05) is 19.1 Å². The van der Waals surface area contributed by atoms with Gasteiger partial charge in [-0.05, 0) is 17.7 Å². The molecule has 0 radical (unpaired) electrons. The van der Waals surface area contributed by atoms with Crippen LogP contribution in [0.2, 0.25) is 0 Å². The molecule has 1 aromatic carbocycles. The largest absolute Gasteiger partial charge is 0.395 e. The summed E-state index contributed by atoms with van der Waals surface area (Å²) in [5.41, 5.74) is 6.95. The van der Waals surface area contributed by atoms with Gasteiger partial charge in [-0.3, -0.25) is 0 Å². The highest BCUT2D eigenvalue weighted by Crippen LogP contribution is 2.32. The van der Waals surface area contributed by atoms with E-state index in [2.05, 4.69) is 28.1 Å². The summed E-state index contributed by atoms with van der Waals surface area (Å²) in [6, 6.07) is 8.15. The first-order chi connectivity index (χ1) is 7.17. The number of hydrogen-bond acceptors (Lipinski definition) is 3. The van der Waals surface area contributed by atoms with Crippen molar-refractivity contribution in [2.45, 2.75) is 17.4 Å². The van der Waals surface area contributed by atoms with Crippen LogP contribution in [0.15, 0.2) is 28.7 Å². The van der Waals surface area contributed by atoms with Gasteiger partial charge in [0.15, 0.2) is 0 Å². The second-order valence-electron chi connectivity index (χ2n) is 3.41. The fourth-order valence-electron chi connectivity index (χ4n) is 1.30. The van der Waals surface area contributed by atoms with Crippen molar-refractivity contribution in [3.8, 4) is 0 Å². The molecule has 2 unspecified atom stereocenters. The van der Waals surface area contributed by atoms with E-state index in [1.54, 1.807) is 11.8 Å². The van der Waals surface area contributed by atoms with Gasteiger partial charge in [-0.25, -0.2) is 0 Å². The Morgan fingerprint density at radius 3 is 2.80 bits per heavy atom. The molecule has 0 aromatic heterocycles. The van der Waals surface area contributed by atoms with Gasteiger partial charge in [0.05, 0.1) is 6.61 Å². The maximum atomic E-state index is 9.01. The number of thioether (sulfide) groups is 1. The third-order valence-corrected chi connectivity index (χ3v) is 3.99. The van der Waals surface area contributed by atoms with Crippen LogP contribution in [0.4, 0.5) is 0 Å². The summed E-state index contributed by atoms with van der Waals surface area (Å²) in [6.07, 6.45) is 0. The minimum Gasteiger partial charge on any atom is -0.395 e. The van der Waals surface area contributed by atoms with Crippen molar-refractivity contribution in [2.24, 2.45) is 5.73 Å². The Balaban J connectivity index is 2.73. The molecule has 0 amide bonds. The zero-order chi connectivity index (χ0) is 11.3. The molecule has 0 bridgehead atoms. The van der Waals surface area contributed by atoms with Crippen molar-refractivity contribution < 1.29 is 5.11 Å². The van der Waals surface area contributed by atoms with E-state index in [1.165, 1.54) is 5.56 Å². The average Bonchev–Trinajstić information content (AvgIpc) is 2.25. The van der Waals surface area contributed by atoms with Crippen LogP contribution in [0.3, 0.4) is 0 Å². The van der Waals surface area contributed by atoms with Crippen molar-refractivity contribution in [3.05, 3.63) is 34.3 Å². The molecule has 0 aliphatic rings. The molecule has 1 rings (SSSR count). The number of benzene rings is 1. The van der Waals surface area contributed by atoms with Gasteiger partial charge in [-0.1, -0.05) is 35.0 Å². The Bertz CT molecular complexity index is 308. The van der Waals surface area contributed by atoms with Crippen LogP contribution in [0.25, 0.3) is 0 Å². The zero-order valence-electron chi connectivity index (χ0n) is 8.69. The molecule has 3 N–H and O–H groups in total. The fourth-order valence-corrected chi connectivity index (χ4v) is 2.78. The summed E-state index contributed by atoms with van der Waals surface area (Å²) in [5.74, 6) is 0. The lowest BCUT2D eigenvalue weighted by molar-refractivity contribution is 0.300. The van der Waals surface area contributed by atoms with Gasteiger partial charge in [-0.2, -0.15) is 0 Å². The van der Waals surface area contributed by atoms with Crippen LogP contribution >= 0.6 is 27.7 Å². The average molecular weight is 290 g/mol. The lowest BCUT2D eigenvalue weighted by atomic mass is 10.1. The first-order valence-electron chi connectivity index (χ1n) is 4.89. The van der Waals surface area contributed by atoms with Crippen molar-refractivity contribution >= 4 is 27.7 Å². The van der Waals surface area contributed by atoms with Gasteiger partial charge in [0, 0.05) is 21.5 Å². The molecule has 15 heavy (non-hydrogen) atoms. The van der Waals surface area contributed by atoms with Gasteiger partial charge in [0.2, 0.25) is 0 Å². The number of nitrogens with two attached hydrogens (primary N) is 1. The third-order valence-electron chi connectivity index (χ3n) is 2.09. The molecule has 0 heterocycles. The standard InChI is InChI=1S/C11H16BrNOS/c1-8(7-14)15-11(6-13)9-3-2-4-10(12)5-9/h2-5,8,11,14H,6-7,13H2,1H3. The predicted octanol–water partition coefficient (Wildman–Crippen LogP) is 2.56. The predicted molar refractivity (Wildman–Crippen MR) is 70.1 cm³/mol. The van der Waals surface area contributed by atoms with Crippen molar-refractivity contribution in [1.29, 1.82) is 0 Å². The van der Waals surface area contributed by atoms with Crippen LogP contribution < -0.4 is 5.73 Å². The van der Waals surface area contributed by atoms with Crippen molar-refractivity contribution in [2.75, 3.05) is 13.2 Å². The minimum absolute atomic E-state index is 0.190. The fraction of sp³-hybridized carbons (Fsp3) is 0.455. The quantitative estimate of drug-likeness (QED) is 0.876. The lowest BCUT2D eigenvalue weighted by Gasteiger charge is -2.18. The summed E-state index contributed by atoms with van der Waals surface area (Å²) in [5, 5.41) is 9.48. The van der Waals surface area contributed by atoms with Crippen molar-refractivity contribution in [1.82, 2.24) is 0 Å². The molecule has 1 aromatic rings. The topological polar surface area (TPSA) is 46.2 Å². The molecular weight excluding hydrogens is 274 g/mol. The molecule has 4 heteroatoms. The van der Waals surface area contributed by atoms with Gasteiger partial charge in [0.25, 0.3) is 0 Å². The van der Waals surface area contributed by atoms with Gasteiger partial charge in [0.1, 0.15) is 0 Å². The summed E-state index contributed by atoms with van der Waals surface area (Å²) in [4.78, 5) is 0. The minimum atomic E-state index is 0.190. The van der Waals surface area contributed by atoms with Crippen LogP contribution in [0, 0.1) is 0 Å². The maximum absolute atomic E-state index is 9.01. The van der Waals surface area contributed by atoms with E-state index >= 15 is 0 Å². The second kappa shape index (κ2) is 6.53. The first-order valence-corrected chi connectivity index (χ1v) is 6.62. The van der Waals surface area contributed by atoms with E-state index in [0.29, 0.717) is 6.54 Å². The number of aliphatic hydroxyl groups excluding tert-OH is 1. The van der Waals surface area contributed by atoms with Gasteiger partial charge >= 0.3 is 0 Å². The monoisotopic (exact) mass is 289 g/mol. The number of halogens is 1. The Kier molecular flexibility index (Phi) is 5.68. The van der Waals surface area contributed by atoms with Crippen LogP contribution in [0.1, 0.15) is 17.7 Å². The second-order valence-corrected chi connectivity index (χ2v) is 5.97. The van der Waals surface area contributed by atoms with E-state index in [4.69, 9.17) is 10.8 Å². The van der Waals surface area contributed by atoms with Crippen LogP contribution in [-0.2, 0) is 0 Å². The lowest BCUT2D eigenvalue weighted by Crippen LogP contribution is -2.14. The van der Waals surface area contributed by atoms with E-state index in [9.17, 15) is 0 Å². The number of aliphatic hydroxyl groups is 1. The molecular formula is C11H16BrNOS. The van der Waals surface area contributed by atoms with E-state index < -0.39 is 0 Å².